The minimum atomic E-state index is -2.65. The Hall–Kier alpha value is -1.47. The van der Waals surface area contributed by atoms with Gasteiger partial charge in [-0.05, 0) is 0 Å². The summed E-state index contributed by atoms with van der Waals surface area (Å²) >= 11 is 3.17. The van der Waals surface area contributed by atoms with Gasteiger partial charge in [-0.25, -0.2) is 0 Å². The second-order valence-corrected chi connectivity index (χ2v) is 13.4. The van der Waals surface area contributed by atoms with Crippen molar-refractivity contribution in [2.24, 2.45) is 0 Å². The standard InChI is InChI=1S/C25H30BrOP/c1-2-3-21-28(22-13-20-27-26,23-14-7-4-8-15-23,24-16-9-5-10-17-24)25-18-11-6-12-19-25/h4-12,14-19H,2-3,13,20-22H2,1H3. The molecule has 0 amide bonds. The van der Waals surface area contributed by atoms with E-state index < -0.39 is 6.60 Å². The number of benzene rings is 3. The molecule has 3 heteroatoms. The molecule has 0 aliphatic carbocycles. The molecular weight excluding hydrogens is 427 g/mol. The first-order valence-electron chi connectivity index (χ1n) is 10.2. The molecule has 0 saturated heterocycles. The van der Waals surface area contributed by atoms with Crippen LogP contribution in [0.2, 0.25) is 0 Å². The van der Waals surface area contributed by atoms with Crippen molar-refractivity contribution >= 4 is 38.8 Å². The number of hydrogen-bond donors (Lipinski definition) is 0. The van der Waals surface area contributed by atoms with Gasteiger partial charge in [0.05, 0.1) is 0 Å². The van der Waals surface area contributed by atoms with Gasteiger partial charge in [-0.1, -0.05) is 0 Å². The third-order valence-electron chi connectivity index (χ3n) is 6.02. The van der Waals surface area contributed by atoms with Gasteiger partial charge in [-0.2, -0.15) is 0 Å². The molecule has 0 heterocycles. The Morgan fingerprint density at radius 2 is 1.04 bits per heavy atom. The Balaban J connectivity index is 2.39. The molecule has 0 bridgehead atoms. The molecule has 3 aromatic carbocycles. The van der Waals surface area contributed by atoms with Crippen molar-refractivity contribution in [3.05, 3.63) is 91.0 Å². The Bertz CT molecular complexity index is 737. The number of halogens is 1. The normalized spacial score (nSPS) is 13.0. The van der Waals surface area contributed by atoms with E-state index in [0.29, 0.717) is 0 Å². The van der Waals surface area contributed by atoms with Crippen LogP contribution in [0.5, 0.6) is 0 Å². The fourth-order valence-electron chi connectivity index (χ4n) is 4.67. The third kappa shape index (κ3) is 3.83. The van der Waals surface area contributed by atoms with Crippen molar-refractivity contribution in [2.75, 3.05) is 18.9 Å². The summed E-state index contributed by atoms with van der Waals surface area (Å²) < 4.78 is 5.33. The van der Waals surface area contributed by atoms with Crippen molar-refractivity contribution in [3.8, 4) is 0 Å². The van der Waals surface area contributed by atoms with E-state index in [1.54, 1.807) is 0 Å². The van der Waals surface area contributed by atoms with Crippen molar-refractivity contribution in [3.63, 3.8) is 0 Å². The Kier molecular flexibility index (Phi) is 7.46. The average Bonchev–Trinajstić information content (AvgIpc) is 2.78. The van der Waals surface area contributed by atoms with Gasteiger partial charge >= 0.3 is 179 Å². The molecule has 148 valence electrons. The second-order valence-electron chi connectivity index (χ2n) is 7.48. The van der Waals surface area contributed by atoms with Gasteiger partial charge in [0.25, 0.3) is 0 Å². The SMILES string of the molecule is CCCCP(CCCOBr)(c1ccccc1)(c1ccccc1)c1ccccc1. The van der Waals surface area contributed by atoms with Crippen LogP contribution >= 0.6 is 22.9 Å². The zero-order valence-corrected chi connectivity index (χ0v) is 19.1. The van der Waals surface area contributed by atoms with Crippen molar-refractivity contribution in [1.82, 2.24) is 0 Å². The van der Waals surface area contributed by atoms with Gasteiger partial charge in [0.15, 0.2) is 0 Å². The molecule has 0 radical (unpaired) electrons. The quantitative estimate of drug-likeness (QED) is 0.267. The third-order valence-corrected chi connectivity index (χ3v) is 13.6. The van der Waals surface area contributed by atoms with Crippen LogP contribution in [0.4, 0.5) is 0 Å². The summed E-state index contributed by atoms with van der Waals surface area (Å²) in [6.07, 6.45) is 5.74. The molecule has 3 rings (SSSR count). The maximum absolute atomic E-state index is 5.33. The predicted octanol–water partition coefficient (Wildman–Crippen LogP) is 6.03. The topological polar surface area (TPSA) is 9.23 Å². The van der Waals surface area contributed by atoms with Crippen molar-refractivity contribution < 1.29 is 3.83 Å². The predicted molar refractivity (Wildman–Crippen MR) is 129 cm³/mol. The fraction of sp³-hybridized carbons (Fsp3) is 0.280. The van der Waals surface area contributed by atoms with E-state index in [4.69, 9.17) is 3.83 Å². The van der Waals surface area contributed by atoms with E-state index >= 15 is 0 Å². The van der Waals surface area contributed by atoms with E-state index in [0.717, 1.165) is 19.2 Å². The molecule has 0 fully saturated rings. The summed E-state index contributed by atoms with van der Waals surface area (Å²) in [5, 5.41) is 4.48. The van der Waals surface area contributed by atoms with Crippen LogP contribution < -0.4 is 15.9 Å². The van der Waals surface area contributed by atoms with Gasteiger partial charge in [-0.3, -0.25) is 0 Å². The molecule has 0 N–H and O–H groups in total. The second kappa shape index (κ2) is 9.83. The van der Waals surface area contributed by atoms with E-state index in [1.807, 2.05) is 0 Å². The van der Waals surface area contributed by atoms with Crippen LogP contribution in [0.3, 0.4) is 0 Å². The van der Waals surface area contributed by atoms with Crippen LogP contribution in [0.15, 0.2) is 91.0 Å². The minimum absolute atomic E-state index is 0.719. The fourth-order valence-corrected chi connectivity index (χ4v) is 12.1. The maximum atomic E-state index is 5.33. The van der Waals surface area contributed by atoms with E-state index in [-0.39, 0.29) is 0 Å². The van der Waals surface area contributed by atoms with Crippen LogP contribution in [-0.4, -0.2) is 18.9 Å². The van der Waals surface area contributed by atoms with E-state index in [1.165, 1.54) is 34.9 Å². The molecule has 1 nitrogen and oxygen atoms in total. The molecule has 0 spiro atoms. The zero-order chi connectivity index (χ0) is 19.7. The monoisotopic (exact) mass is 456 g/mol. The number of unbranched alkanes of at least 4 members (excludes halogenated alkanes) is 1. The molecule has 0 aromatic heterocycles. The molecule has 0 atom stereocenters. The van der Waals surface area contributed by atoms with Gasteiger partial charge in [0.1, 0.15) is 0 Å². The van der Waals surface area contributed by atoms with Crippen molar-refractivity contribution in [2.45, 2.75) is 26.2 Å². The van der Waals surface area contributed by atoms with Crippen LogP contribution in [0, 0.1) is 0 Å². The Morgan fingerprint density at radius 3 is 1.39 bits per heavy atom. The zero-order valence-electron chi connectivity index (χ0n) is 16.6. The summed E-state index contributed by atoms with van der Waals surface area (Å²) in [7, 11) is 0. The molecule has 0 aliphatic rings. The summed E-state index contributed by atoms with van der Waals surface area (Å²) in [5.41, 5.74) is 0. The van der Waals surface area contributed by atoms with Gasteiger partial charge in [0, 0.05) is 0 Å². The molecule has 0 aliphatic heterocycles. The van der Waals surface area contributed by atoms with E-state index in [9.17, 15) is 0 Å². The summed E-state index contributed by atoms with van der Waals surface area (Å²) in [5.74, 6) is 0. The van der Waals surface area contributed by atoms with Gasteiger partial charge < -0.3 is 0 Å². The first kappa shape index (κ1) is 21.2. The van der Waals surface area contributed by atoms with Crippen LogP contribution in [0.1, 0.15) is 26.2 Å². The number of hydrogen-bond acceptors (Lipinski definition) is 1. The summed E-state index contributed by atoms with van der Waals surface area (Å²) in [6, 6.07) is 33.8. The molecular formula is C25H30BrOP. The first-order valence-corrected chi connectivity index (χ1v) is 13.4. The van der Waals surface area contributed by atoms with Crippen molar-refractivity contribution in [1.29, 1.82) is 0 Å². The average molecular weight is 457 g/mol. The number of rotatable bonds is 10. The first-order chi connectivity index (χ1) is 13.8. The summed E-state index contributed by atoms with van der Waals surface area (Å²) in [4.78, 5) is 0. The Labute approximate surface area is 178 Å². The molecule has 0 unspecified atom stereocenters. The van der Waals surface area contributed by atoms with E-state index in [2.05, 4.69) is 114 Å². The molecule has 0 saturated carbocycles. The Morgan fingerprint density at radius 1 is 0.643 bits per heavy atom. The molecule has 28 heavy (non-hydrogen) atoms. The van der Waals surface area contributed by atoms with Crippen LogP contribution in [-0.2, 0) is 3.83 Å². The van der Waals surface area contributed by atoms with Crippen LogP contribution in [0.25, 0.3) is 0 Å². The molecule has 3 aromatic rings. The summed E-state index contributed by atoms with van der Waals surface area (Å²) in [6.45, 7) is 0.370. The van der Waals surface area contributed by atoms with Gasteiger partial charge in [0.2, 0.25) is 0 Å². The van der Waals surface area contributed by atoms with Gasteiger partial charge in [-0.15, -0.1) is 0 Å².